The van der Waals surface area contributed by atoms with Gasteiger partial charge in [0.2, 0.25) is 0 Å². The fourth-order valence-corrected chi connectivity index (χ4v) is 5.27. The van der Waals surface area contributed by atoms with Crippen molar-refractivity contribution in [1.29, 1.82) is 0 Å². The number of fused-ring (bicyclic) bond motifs is 4. The summed E-state index contributed by atoms with van der Waals surface area (Å²) in [5, 5.41) is 4.25. The first-order chi connectivity index (χ1) is 16.2. The molecule has 2 atom stereocenters. The summed E-state index contributed by atoms with van der Waals surface area (Å²) < 4.78 is 3.74. The van der Waals surface area contributed by atoms with Crippen LogP contribution in [0.2, 0.25) is 0 Å². The summed E-state index contributed by atoms with van der Waals surface area (Å²) in [5.41, 5.74) is 3.33. The quantitative estimate of drug-likeness (QED) is 0.529. The average molecular weight is 441 g/mol. The van der Waals surface area contributed by atoms with Crippen LogP contribution < -0.4 is 5.56 Å². The monoisotopic (exact) mass is 440 g/mol. The number of carbonyl (C=O) groups is 1. The number of benzene rings is 1. The number of rotatable bonds is 4. The van der Waals surface area contributed by atoms with Crippen molar-refractivity contribution in [3.63, 3.8) is 0 Å². The van der Waals surface area contributed by atoms with Crippen LogP contribution in [0.1, 0.15) is 34.0 Å². The van der Waals surface area contributed by atoms with Gasteiger partial charge in [0.1, 0.15) is 5.82 Å². The number of likely N-dealkylation sites (tertiary alicyclic amines) is 1. The Balaban J connectivity index is 1.25. The molecule has 1 amide bonds. The molecule has 5 heterocycles. The van der Waals surface area contributed by atoms with Crippen LogP contribution in [0, 0.1) is 5.92 Å². The predicted octanol–water partition coefficient (Wildman–Crippen LogP) is 2.74. The molecule has 0 radical (unpaired) electrons. The van der Waals surface area contributed by atoms with Gasteiger partial charge in [-0.2, -0.15) is 5.10 Å². The van der Waals surface area contributed by atoms with Crippen LogP contribution in [0.25, 0.3) is 11.4 Å². The van der Waals surface area contributed by atoms with E-state index >= 15 is 0 Å². The number of hydrogen-bond acceptors (Lipinski definition) is 4. The zero-order chi connectivity index (χ0) is 22.4. The van der Waals surface area contributed by atoms with E-state index in [0.29, 0.717) is 43.1 Å². The highest BCUT2D eigenvalue weighted by Crippen LogP contribution is 2.36. The average Bonchev–Trinajstić information content (AvgIpc) is 3.54. The van der Waals surface area contributed by atoms with Gasteiger partial charge in [0, 0.05) is 61.6 Å². The first-order valence-corrected chi connectivity index (χ1v) is 11.2. The van der Waals surface area contributed by atoms with Gasteiger partial charge in [-0.3, -0.25) is 14.3 Å². The van der Waals surface area contributed by atoms with Crippen LogP contribution in [0.4, 0.5) is 0 Å². The van der Waals surface area contributed by atoms with Gasteiger partial charge in [-0.25, -0.2) is 4.98 Å². The Morgan fingerprint density at radius 1 is 1.09 bits per heavy atom. The van der Waals surface area contributed by atoms with Crippen molar-refractivity contribution < 1.29 is 4.79 Å². The number of imidazole rings is 1. The molecular formula is C25H24N6O2. The number of H-pyrrole nitrogens is 1. The van der Waals surface area contributed by atoms with Crippen molar-refractivity contribution in [1.82, 2.24) is 29.2 Å². The zero-order valence-corrected chi connectivity index (χ0v) is 18.1. The van der Waals surface area contributed by atoms with E-state index in [0.717, 1.165) is 17.7 Å². The molecule has 0 unspecified atom stereocenters. The van der Waals surface area contributed by atoms with Gasteiger partial charge in [-0.05, 0) is 48.2 Å². The summed E-state index contributed by atoms with van der Waals surface area (Å²) in [6.07, 6.45) is 8.05. The number of nitrogens with one attached hydrogen (secondary N) is 1. The smallest absolute Gasteiger partial charge is 0.261 e. The van der Waals surface area contributed by atoms with Crippen molar-refractivity contribution in [2.75, 3.05) is 13.1 Å². The van der Waals surface area contributed by atoms with E-state index in [1.165, 1.54) is 0 Å². The molecule has 1 aromatic carbocycles. The van der Waals surface area contributed by atoms with Crippen LogP contribution in [0.3, 0.4) is 0 Å². The third-order valence-electron chi connectivity index (χ3n) is 6.72. The van der Waals surface area contributed by atoms with Crippen molar-refractivity contribution >= 4 is 5.91 Å². The van der Waals surface area contributed by atoms with E-state index in [1.807, 2.05) is 62.8 Å². The van der Waals surface area contributed by atoms with Crippen molar-refractivity contribution in [3.05, 3.63) is 94.4 Å². The number of hydrogen-bond donors (Lipinski definition) is 1. The molecule has 0 saturated carbocycles. The molecule has 4 aromatic rings. The molecule has 8 heteroatoms. The van der Waals surface area contributed by atoms with E-state index in [1.54, 1.807) is 18.6 Å². The molecule has 1 saturated heterocycles. The van der Waals surface area contributed by atoms with Gasteiger partial charge in [0.25, 0.3) is 11.5 Å². The first kappa shape index (κ1) is 19.7. The maximum atomic E-state index is 13.4. The summed E-state index contributed by atoms with van der Waals surface area (Å²) in [7, 11) is 0. The molecule has 1 N–H and O–H groups in total. The standard InChI is InChI=1S/C25H24N6O2/c32-24(19-4-1-3-17(11-19)14-30-10-2-7-28-30)29-13-18-12-20(16-29)22-6-5-21(23-26-8-9-27-23)25(33)31(22)15-18/h1-11,18,20H,12-16H2,(H,26,27)/t18-,20+/m0/s1. The summed E-state index contributed by atoms with van der Waals surface area (Å²) in [6, 6.07) is 13.6. The minimum Gasteiger partial charge on any atom is -0.344 e. The number of pyridine rings is 1. The molecule has 3 aromatic heterocycles. The Kier molecular flexibility index (Phi) is 4.71. The second-order valence-electron chi connectivity index (χ2n) is 8.94. The van der Waals surface area contributed by atoms with Crippen molar-refractivity contribution in [3.8, 4) is 11.4 Å². The third-order valence-corrected chi connectivity index (χ3v) is 6.72. The fraction of sp³-hybridized carbons (Fsp3) is 0.280. The van der Waals surface area contributed by atoms with Gasteiger partial charge in [-0.1, -0.05) is 12.1 Å². The first-order valence-electron chi connectivity index (χ1n) is 11.2. The van der Waals surface area contributed by atoms with Crippen molar-refractivity contribution in [2.45, 2.75) is 25.4 Å². The number of carbonyl (C=O) groups excluding carboxylic acids is 1. The van der Waals surface area contributed by atoms with E-state index in [2.05, 4.69) is 15.1 Å². The van der Waals surface area contributed by atoms with Crippen LogP contribution in [0.15, 0.2) is 72.0 Å². The lowest BCUT2D eigenvalue weighted by Gasteiger charge is -2.43. The molecule has 1 fully saturated rings. The number of piperidine rings is 1. The van der Waals surface area contributed by atoms with Gasteiger partial charge in [-0.15, -0.1) is 0 Å². The van der Waals surface area contributed by atoms with E-state index in [9.17, 15) is 9.59 Å². The molecule has 8 nitrogen and oxygen atoms in total. The number of amides is 1. The molecule has 2 aliphatic rings. The number of aromatic amines is 1. The molecule has 2 aliphatic heterocycles. The van der Waals surface area contributed by atoms with E-state index in [-0.39, 0.29) is 23.3 Å². The minimum absolute atomic E-state index is 0.0109. The Bertz CT molecular complexity index is 1360. The van der Waals surface area contributed by atoms with E-state index < -0.39 is 0 Å². The van der Waals surface area contributed by atoms with Crippen LogP contribution in [0.5, 0.6) is 0 Å². The summed E-state index contributed by atoms with van der Waals surface area (Å²) in [5.74, 6) is 1.07. The zero-order valence-electron chi connectivity index (χ0n) is 18.1. The van der Waals surface area contributed by atoms with Crippen LogP contribution in [-0.2, 0) is 13.1 Å². The number of nitrogens with zero attached hydrogens (tertiary/aromatic N) is 5. The molecule has 0 aliphatic carbocycles. The summed E-state index contributed by atoms with van der Waals surface area (Å²) >= 11 is 0. The maximum Gasteiger partial charge on any atom is 0.261 e. The van der Waals surface area contributed by atoms with Crippen molar-refractivity contribution in [2.24, 2.45) is 5.92 Å². The Morgan fingerprint density at radius 2 is 2.03 bits per heavy atom. The lowest BCUT2D eigenvalue weighted by molar-refractivity contribution is 0.0594. The minimum atomic E-state index is -0.0109. The highest BCUT2D eigenvalue weighted by atomic mass is 16.2. The molecule has 0 spiro atoms. The highest BCUT2D eigenvalue weighted by molar-refractivity contribution is 5.94. The van der Waals surface area contributed by atoms with Crippen LogP contribution >= 0.6 is 0 Å². The topological polar surface area (TPSA) is 88.8 Å². The Hall–Kier alpha value is -3.94. The molecule has 33 heavy (non-hydrogen) atoms. The second kappa shape index (κ2) is 7.88. The molecule has 166 valence electrons. The Labute approximate surface area is 190 Å². The summed E-state index contributed by atoms with van der Waals surface area (Å²) in [6.45, 7) is 2.55. The Morgan fingerprint density at radius 3 is 2.85 bits per heavy atom. The highest BCUT2D eigenvalue weighted by Gasteiger charge is 2.37. The molecular weight excluding hydrogens is 416 g/mol. The fourth-order valence-electron chi connectivity index (χ4n) is 5.27. The van der Waals surface area contributed by atoms with Crippen LogP contribution in [-0.4, -0.2) is 48.2 Å². The SMILES string of the molecule is O=C(c1cccc(Cn2cccn2)c1)N1C[C@@H]2C[C@H](C1)c1ccc(-c3ncc[nH]3)c(=O)n1C2. The largest absolute Gasteiger partial charge is 0.344 e. The maximum absolute atomic E-state index is 13.4. The summed E-state index contributed by atoms with van der Waals surface area (Å²) in [4.78, 5) is 35.8. The van der Waals surface area contributed by atoms with Gasteiger partial charge < -0.3 is 14.5 Å². The number of aromatic nitrogens is 5. The van der Waals surface area contributed by atoms with Gasteiger partial charge >= 0.3 is 0 Å². The third kappa shape index (κ3) is 3.57. The molecule has 2 bridgehead atoms. The lowest BCUT2D eigenvalue weighted by atomic mass is 9.82. The molecule has 6 rings (SSSR count). The predicted molar refractivity (Wildman–Crippen MR) is 123 cm³/mol. The van der Waals surface area contributed by atoms with E-state index in [4.69, 9.17) is 0 Å². The second-order valence-corrected chi connectivity index (χ2v) is 8.94. The van der Waals surface area contributed by atoms with Gasteiger partial charge in [0.05, 0.1) is 12.1 Å². The normalized spacial score (nSPS) is 19.3. The van der Waals surface area contributed by atoms with Gasteiger partial charge in [0.15, 0.2) is 0 Å². The lowest BCUT2D eigenvalue weighted by Crippen LogP contribution is -2.49.